The van der Waals surface area contributed by atoms with Crippen molar-refractivity contribution >= 4 is 0 Å². The summed E-state index contributed by atoms with van der Waals surface area (Å²) in [5.74, 6) is 0.995. The molecule has 5 unspecified atom stereocenters. The molecule has 0 aliphatic carbocycles. The minimum absolute atomic E-state index is 0. The number of rotatable bonds is 10. The fourth-order valence-corrected chi connectivity index (χ4v) is 1.36. The summed E-state index contributed by atoms with van der Waals surface area (Å²) in [7, 11) is 7.45. The molecule has 0 heterocycles. The van der Waals surface area contributed by atoms with Crippen molar-refractivity contribution in [1.29, 1.82) is 0 Å². The Bertz CT molecular complexity index is 305. The molecule has 5 N–H and O–H groups in total. The largest absolute Gasteiger partial charge is 0.368 e. The Kier molecular flexibility index (Phi) is 45.7. The Morgan fingerprint density at radius 3 is 0.389 bits per heavy atom. The zero-order valence-electron chi connectivity index (χ0n) is 25.5. The molecule has 0 aromatic carbocycles. The van der Waals surface area contributed by atoms with Crippen LogP contribution in [0.4, 0.5) is 0 Å². The molecular weight excluding hydrogens is 553 g/mol. The van der Waals surface area contributed by atoms with Crippen molar-refractivity contribution < 1.29 is 71.6 Å². The monoisotopic (exact) mass is 613 g/mol. The molecule has 36 heavy (non-hydrogen) atoms. The van der Waals surface area contributed by atoms with Crippen molar-refractivity contribution in [1.82, 2.24) is 0 Å². The van der Waals surface area contributed by atoms with Gasteiger partial charge in [0, 0.05) is 87.5 Å². The zero-order chi connectivity index (χ0) is 29.3. The molecule has 0 spiro atoms. The minimum atomic E-state index is -0.597. The predicted molar refractivity (Wildman–Crippen MR) is 139 cm³/mol. The second kappa shape index (κ2) is 33.4. The second-order valence-electron chi connectivity index (χ2n) is 9.35. The van der Waals surface area contributed by atoms with E-state index in [0.29, 0.717) is 0 Å². The van der Waals surface area contributed by atoms with Gasteiger partial charge in [0.1, 0.15) is 0 Å². The van der Waals surface area contributed by atoms with Gasteiger partial charge in [0.05, 0.1) is 0 Å². The van der Waals surface area contributed by atoms with Crippen LogP contribution < -0.4 is 0 Å². The molecule has 11 heteroatoms. The topological polar surface area (TPSA) is 147 Å². The Labute approximate surface area is 237 Å². The first-order valence-corrected chi connectivity index (χ1v) is 12.0. The van der Waals surface area contributed by atoms with Crippen LogP contribution >= 0.6 is 0 Å². The van der Waals surface area contributed by atoms with E-state index in [1.54, 1.807) is 0 Å². The molecule has 225 valence electrons. The first-order chi connectivity index (χ1) is 15.9. The van der Waals surface area contributed by atoms with E-state index in [9.17, 15) is 0 Å². The maximum Gasteiger partial charge on any atom is 0.156 e. The van der Waals surface area contributed by atoms with Crippen molar-refractivity contribution in [2.75, 3.05) is 35.5 Å². The summed E-state index contributed by atoms with van der Waals surface area (Å²) in [5.41, 5.74) is 0. The average Bonchev–Trinajstić information content (AvgIpc) is 2.82. The normalized spacial score (nSPS) is 14.6. The van der Waals surface area contributed by atoms with Gasteiger partial charge < -0.3 is 49.2 Å². The van der Waals surface area contributed by atoms with E-state index in [0.717, 1.165) is 0 Å². The van der Waals surface area contributed by atoms with Gasteiger partial charge in [-0.1, -0.05) is 69.2 Å². The average molecular weight is 614 g/mol. The Morgan fingerprint density at radius 1 is 0.306 bits per heavy atom. The minimum Gasteiger partial charge on any atom is -0.368 e. The molecule has 0 saturated heterocycles. The van der Waals surface area contributed by atoms with Gasteiger partial charge in [-0.25, -0.2) is 0 Å². The Balaban J connectivity index is -0.0000000776. The summed E-state index contributed by atoms with van der Waals surface area (Å²) in [5, 5.41) is 43.6. The third-order valence-electron chi connectivity index (χ3n) is 4.06. The van der Waals surface area contributed by atoms with Gasteiger partial charge in [-0.3, -0.25) is 0 Å². The molecular formula is C25H60NbO10. The van der Waals surface area contributed by atoms with Crippen molar-refractivity contribution in [3.63, 3.8) is 0 Å². The molecule has 0 aliphatic heterocycles. The summed E-state index contributed by atoms with van der Waals surface area (Å²) >= 11 is 0. The number of aliphatic hydroxyl groups is 5. The first-order valence-electron chi connectivity index (χ1n) is 12.0. The van der Waals surface area contributed by atoms with Crippen LogP contribution in [-0.2, 0) is 46.1 Å². The van der Waals surface area contributed by atoms with E-state index in [-0.39, 0.29) is 52.0 Å². The number of ether oxygens (including phenoxy) is 5. The smallest absolute Gasteiger partial charge is 0.156 e. The van der Waals surface area contributed by atoms with Crippen LogP contribution in [0.2, 0.25) is 0 Å². The van der Waals surface area contributed by atoms with E-state index in [4.69, 9.17) is 25.5 Å². The fraction of sp³-hybridized carbons (Fsp3) is 1.00. The molecule has 0 bridgehead atoms. The van der Waals surface area contributed by atoms with E-state index in [2.05, 4.69) is 23.7 Å². The summed E-state index contributed by atoms with van der Waals surface area (Å²) < 4.78 is 22.8. The summed E-state index contributed by atoms with van der Waals surface area (Å²) in [6, 6.07) is 0. The first kappa shape index (κ1) is 49.3. The van der Waals surface area contributed by atoms with Gasteiger partial charge in [0.15, 0.2) is 31.5 Å². The standard InChI is InChI=1S/5C5H12O2.Nb/c5*1-4(2)5(6)7-3;/h5*4-6H,1-3H3;. The molecule has 0 aliphatic rings. The molecule has 0 aromatic rings. The number of aliphatic hydroxyl groups excluding tert-OH is 5. The predicted octanol–water partition coefficient (Wildman–Crippen LogP) is 3.03. The van der Waals surface area contributed by atoms with Gasteiger partial charge in [0.25, 0.3) is 0 Å². The van der Waals surface area contributed by atoms with Crippen LogP contribution in [0.3, 0.4) is 0 Å². The van der Waals surface area contributed by atoms with Gasteiger partial charge in [-0.05, 0) is 0 Å². The summed E-state index contributed by atoms with van der Waals surface area (Å²) in [6.07, 6.45) is -2.99. The van der Waals surface area contributed by atoms with Gasteiger partial charge in [0.2, 0.25) is 0 Å². The summed E-state index contributed by atoms with van der Waals surface area (Å²) in [4.78, 5) is 0. The molecule has 0 rings (SSSR count). The summed E-state index contributed by atoms with van der Waals surface area (Å²) in [6.45, 7) is 19.0. The van der Waals surface area contributed by atoms with Gasteiger partial charge in [-0.15, -0.1) is 0 Å². The van der Waals surface area contributed by atoms with Gasteiger partial charge in [-0.2, -0.15) is 0 Å². The van der Waals surface area contributed by atoms with Crippen molar-refractivity contribution in [3.05, 3.63) is 0 Å². The Hall–Kier alpha value is 0.340. The maximum atomic E-state index is 8.71. The van der Waals surface area contributed by atoms with Crippen LogP contribution in [0.15, 0.2) is 0 Å². The van der Waals surface area contributed by atoms with Crippen molar-refractivity contribution in [2.24, 2.45) is 29.6 Å². The number of methoxy groups -OCH3 is 5. The third-order valence-corrected chi connectivity index (χ3v) is 4.06. The van der Waals surface area contributed by atoms with Crippen LogP contribution in [0.25, 0.3) is 0 Å². The van der Waals surface area contributed by atoms with E-state index < -0.39 is 31.5 Å². The van der Waals surface area contributed by atoms with E-state index >= 15 is 0 Å². The molecule has 0 saturated carbocycles. The van der Waals surface area contributed by atoms with Crippen LogP contribution in [-0.4, -0.2) is 92.5 Å². The van der Waals surface area contributed by atoms with Crippen LogP contribution in [0.5, 0.6) is 0 Å². The third kappa shape index (κ3) is 41.5. The van der Waals surface area contributed by atoms with Gasteiger partial charge >= 0.3 is 0 Å². The zero-order valence-corrected chi connectivity index (χ0v) is 27.7. The SMILES string of the molecule is COC(O)C(C)C.COC(O)C(C)C.COC(O)C(C)C.COC(O)C(C)C.COC(O)C(C)C.[Nb]. The Morgan fingerprint density at radius 2 is 0.389 bits per heavy atom. The molecule has 1 radical (unpaired) electrons. The quantitative estimate of drug-likeness (QED) is 0.184. The molecule has 10 nitrogen and oxygen atoms in total. The van der Waals surface area contributed by atoms with E-state index in [1.165, 1.54) is 35.5 Å². The van der Waals surface area contributed by atoms with E-state index in [1.807, 2.05) is 69.2 Å². The molecule has 5 atom stereocenters. The fourth-order valence-electron chi connectivity index (χ4n) is 1.36. The second-order valence-corrected chi connectivity index (χ2v) is 9.35. The molecule has 0 fully saturated rings. The molecule has 0 aromatic heterocycles. The maximum absolute atomic E-state index is 8.71. The molecule has 0 amide bonds. The van der Waals surface area contributed by atoms with Crippen molar-refractivity contribution in [2.45, 2.75) is 101 Å². The van der Waals surface area contributed by atoms with Crippen LogP contribution in [0, 0.1) is 29.6 Å². The van der Waals surface area contributed by atoms with Crippen LogP contribution in [0.1, 0.15) is 69.2 Å². The number of hydrogen-bond donors (Lipinski definition) is 5. The van der Waals surface area contributed by atoms with Crippen molar-refractivity contribution in [3.8, 4) is 0 Å². The number of hydrogen-bond acceptors (Lipinski definition) is 10.